The van der Waals surface area contributed by atoms with Crippen LogP contribution in [0.25, 0.3) is 0 Å². The lowest BCUT2D eigenvalue weighted by molar-refractivity contribution is 0.414. The fourth-order valence-corrected chi connectivity index (χ4v) is 2.74. The Hall–Kier alpha value is -1.96. The zero-order valence-electron chi connectivity index (χ0n) is 11.2. The quantitative estimate of drug-likeness (QED) is 0.857. The van der Waals surface area contributed by atoms with Crippen LogP contribution in [0.4, 0.5) is 0 Å². The summed E-state index contributed by atoms with van der Waals surface area (Å²) in [5, 5.41) is 9.39. The second-order valence-corrected chi connectivity index (χ2v) is 5.46. The molecule has 3 nitrogen and oxygen atoms in total. The van der Waals surface area contributed by atoms with Crippen molar-refractivity contribution >= 4 is 11.8 Å². The molecule has 4 heteroatoms. The first-order chi connectivity index (χ1) is 9.68. The molecule has 1 atom stereocenters. The lowest BCUT2D eigenvalue weighted by Gasteiger charge is -2.21. The first-order valence-electron chi connectivity index (χ1n) is 6.20. The Morgan fingerprint density at radius 2 is 1.80 bits per heavy atom. The van der Waals surface area contributed by atoms with Crippen molar-refractivity contribution in [3.63, 3.8) is 0 Å². The molecule has 0 saturated heterocycles. The topological polar surface area (TPSA) is 59.0 Å². The van der Waals surface area contributed by atoms with Crippen LogP contribution in [0.5, 0.6) is 5.75 Å². The average molecular weight is 284 g/mol. The Labute approximate surface area is 123 Å². The summed E-state index contributed by atoms with van der Waals surface area (Å²) in [6, 6.07) is 19.4. The Morgan fingerprint density at radius 1 is 1.15 bits per heavy atom. The van der Waals surface area contributed by atoms with Crippen LogP contribution >= 0.6 is 11.8 Å². The van der Waals surface area contributed by atoms with E-state index in [1.165, 1.54) is 0 Å². The lowest BCUT2D eigenvalue weighted by atomic mass is 9.95. The molecule has 0 aliphatic rings. The van der Waals surface area contributed by atoms with E-state index in [0.29, 0.717) is 5.75 Å². The van der Waals surface area contributed by atoms with Crippen LogP contribution < -0.4 is 10.5 Å². The fraction of sp³-hybridized carbons (Fsp3) is 0.188. The molecule has 2 aromatic carbocycles. The van der Waals surface area contributed by atoms with Crippen molar-refractivity contribution in [1.29, 1.82) is 5.26 Å². The highest BCUT2D eigenvalue weighted by molar-refractivity contribution is 7.99. The van der Waals surface area contributed by atoms with Gasteiger partial charge in [0.15, 0.2) is 0 Å². The van der Waals surface area contributed by atoms with Gasteiger partial charge in [0, 0.05) is 10.6 Å². The van der Waals surface area contributed by atoms with E-state index < -0.39 is 5.54 Å². The molecule has 2 rings (SSSR count). The van der Waals surface area contributed by atoms with Crippen molar-refractivity contribution in [3.8, 4) is 11.8 Å². The van der Waals surface area contributed by atoms with Crippen LogP contribution in [-0.4, -0.2) is 12.9 Å². The molecule has 0 aromatic heterocycles. The summed E-state index contributed by atoms with van der Waals surface area (Å²) in [6.07, 6.45) is 0. The van der Waals surface area contributed by atoms with E-state index in [1.807, 2.05) is 54.6 Å². The van der Waals surface area contributed by atoms with Crippen LogP contribution in [0.3, 0.4) is 0 Å². The molecule has 0 amide bonds. The Bertz CT molecular complexity index is 592. The second-order valence-electron chi connectivity index (χ2n) is 4.41. The van der Waals surface area contributed by atoms with E-state index in [4.69, 9.17) is 10.5 Å². The minimum Gasteiger partial charge on any atom is -0.497 e. The van der Waals surface area contributed by atoms with Crippen molar-refractivity contribution < 1.29 is 4.74 Å². The number of nitrogens with zero attached hydrogens (tertiary/aromatic N) is 1. The fourth-order valence-electron chi connectivity index (χ4n) is 1.78. The third-order valence-corrected chi connectivity index (χ3v) is 4.22. The molecule has 0 fully saturated rings. The first-order valence-corrected chi connectivity index (χ1v) is 7.19. The van der Waals surface area contributed by atoms with Crippen LogP contribution in [0.2, 0.25) is 0 Å². The SMILES string of the molecule is COc1ccc(SCC(N)(C#N)c2ccccc2)cc1. The van der Waals surface area contributed by atoms with E-state index in [1.54, 1.807) is 18.9 Å². The second kappa shape index (κ2) is 6.47. The van der Waals surface area contributed by atoms with Gasteiger partial charge in [-0.05, 0) is 29.8 Å². The molecular weight excluding hydrogens is 268 g/mol. The Balaban J connectivity index is 2.09. The highest BCUT2D eigenvalue weighted by atomic mass is 32.2. The molecule has 0 saturated carbocycles. The summed E-state index contributed by atoms with van der Waals surface area (Å²) in [4.78, 5) is 1.06. The van der Waals surface area contributed by atoms with Gasteiger partial charge in [-0.1, -0.05) is 30.3 Å². The summed E-state index contributed by atoms with van der Waals surface area (Å²) in [5.41, 5.74) is 6.07. The normalized spacial score (nSPS) is 13.2. The van der Waals surface area contributed by atoms with Gasteiger partial charge in [-0.15, -0.1) is 11.8 Å². The van der Waals surface area contributed by atoms with E-state index in [0.717, 1.165) is 16.2 Å². The summed E-state index contributed by atoms with van der Waals surface area (Å²) >= 11 is 1.56. The summed E-state index contributed by atoms with van der Waals surface area (Å²) in [7, 11) is 1.64. The van der Waals surface area contributed by atoms with Crippen LogP contribution in [0.1, 0.15) is 5.56 Å². The van der Waals surface area contributed by atoms with Gasteiger partial charge in [0.1, 0.15) is 11.3 Å². The lowest BCUT2D eigenvalue weighted by Crippen LogP contribution is -2.37. The molecule has 0 heterocycles. The number of hydrogen-bond acceptors (Lipinski definition) is 4. The number of nitrogens with two attached hydrogens (primary N) is 1. The number of methoxy groups -OCH3 is 1. The summed E-state index contributed by atoms with van der Waals surface area (Å²) in [6.45, 7) is 0. The maximum atomic E-state index is 9.39. The molecule has 0 spiro atoms. The molecule has 0 aliphatic carbocycles. The van der Waals surface area contributed by atoms with Gasteiger partial charge >= 0.3 is 0 Å². The maximum absolute atomic E-state index is 9.39. The van der Waals surface area contributed by atoms with E-state index in [2.05, 4.69) is 6.07 Å². The highest BCUT2D eigenvalue weighted by Crippen LogP contribution is 2.28. The van der Waals surface area contributed by atoms with Crippen molar-refractivity contribution in [1.82, 2.24) is 0 Å². The summed E-state index contributed by atoms with van der Waals surface area (Å²) in [5.74, 6) is 1.32. The largest absolute Gasteiger partial charge is 0.497 e. The van der Waals surface area contributed by atoms with Gasteiger partial charge < -0.3 is 10.5 Å². The van der Waals surface area contributed by atoms with Crippen LogP contribution in [0, 0.1) is 11.3 Å². The van der Waals surface area contributed by atoms with E-state index in [9.17, 15) is 5.26 Å². The predicted molar refractivity (Wildman–Crippen MR) is 81.6 cm³/mol. The van der Waals surface area contributed by atoms with Gasteiger partial charge in [-0.3, -0.25) is 0 Å². The molecule has 0 bridgehead atoms. The predicted octanol–water partition coefficient (Wildman–Crippen LogP) is 3.17. The molecule has 0 aliphatic heterocycles. The number of nitriles is 1. The highest BCUT2D eigenvalue weighted by Gasteiger charge is 2.27. The van der Waals surface area contributed by atoms with Gasteiger partial charge in [-0.2, -0.15) is 5.26 Å². The number of ether oxygens (including phenoxy) is 1. The smallest absolute Gasteiger partial charge is 0.139 e. The number of rotatable bonds is 5. The monoisotopic (exact) mass is 284 g/mol. The van der Waals surface area contributed by atoms with Crippen LogP contribution in [0.15, 0.2) is 59.5 Å². The van der Waals surface area contributed by atoms with Crippen molar-refractivity contribution in [2.24, 2.45) is 5.73 Å². The summed E-state index contributed by atoms with van der Waals surface area (Å²) < 4.78 is 5.12. The number of thioether (sulfide) groups is 1. The minimum atomic E-state index is -0.980. The van der Waals surface area contributed by atoms with E-state index >= 15 is 0 Å². The molecular formula is C16H16N2OS. The van der Waals surface area contributed by atoms with Crippen LogP contribution in [-0.2, 0) is 5.54 Å². The molecule has 2 aromatic rings. The molecule has 1 unspecified atom stereocenters. The van der Waals surface area contributed by atoms with Gasteiger partial charge in [-0.25, -0.2) is 0 Å². The Morgan fingerprint density at radius 3 is 2.35 bits per heavy atom. The molecule has 2 N–H and O–H groups in total. The first kappa shape index (κ1) is 14.4. The Kier molecular flexibility index (Phi) is 4.67. The average Bonchev–Trinajstić information content (AvgIpc) is 2.54. The van der Waals surface area contributed by atoms with Gasteiger partial charge in [0.25, 0.3) is 0 Å². The zero-order valence-corrected chi connectivity index (χ0v) is 12.1. The van der Waals surface area contributed by atoms with Crippen molar-refractivity contribution in [2.75, 3.05) is 12.9 Å². The third-order valence-electron chi connectivity index (χ3n) is 3.01. The van der Waals surface area contributed by atoms with Crippen molar-refractivity contribution in [2.45, 2.75) is 10.4 Å². The zero-order chi connectivity index (χ0) is 14.4. The molecule has 102 valence electrons. The molecule has 0 radical (unpaired) electrons. The van der Waals surface area contributed by atoms with Gasteiger partial charge in [0.05, 0.1) is 13.2 Å². The molecule has 20 heavy (non-hydrogen) atoms. The van der Waals surface area contributed by atoms with E-state index in [-0.39, 0.29) is 0 Å². The van der Waals surface area contributed by atoms with Crippen molar-refractivity contribution in [3.05, 3.63) is 60.2 Å². The number of hydrogen-bond donors (Lipinski definition) is 1. The van der Waals surface area contributed by atoms with Gasteiger partial charge in [0.2, 0.25) is 0 Å². The standard InChI is InChI=1S/C16H16N2OS/c1-19-14-7-9-15(10-8-14)20-12-16(18,11-17)13-5-3-2-4-6-13/h2-10H,12,18H2,1H3. The minimum absolute atomic E-state index is 0.500. The third kappa shape index (κ3) is 3.32. The number of benzene rings is 2. The maximum Gasteiger partial charge on any atom is 0.139 e.